The van der Waals surface area contributed by atoms with Crippen LogP contribution in [0.1, 0.15) is 41.0 Å². The largest absolute Gasteiger partial charge is 0.353 e. The van der Waals surface area contributed by atoms with E-state index in [1.165, 1.54) is 0 Å². The summed E-state index contributed by atoms with van der Waals surface area (Å²) in [6.07, 6.45) is 0.243. The molecule has 1 rings (SSSR count). The Morgan fingerprint density at radius 1 is 1.56 bits per heavy atom. The molecule has 1 unspecified atom stereocenters. The molecule has 90 valence electrons. The Hall–Kier alpha value is -1.08. The van der Waals surface area contributed by atoms with E-state index in [9.17, 15) is 4.79 Å². The molecule has 0 bridgehead atoms. The van der Waals surface area contributed by atoms with Crippen molar-refractivity contribution < 1.29 is 4.79 Å². The van der Waals surface area contributed by atoms with E-state index in [0.29, 0.717) is 6.54 Å². The lowest BCUT2D eigenvalue weighted by molar-refractivity contribution is -0.140. The van der Waals surface area contributed by atoms with Crippen LogP contribution in [0.5, 0.6) is 0 Å². The van der Waals surface area contributed by atoms with Crippen LogP contribution in [0.2, 0.25) is 0 Å². The van der Waals surface area contributed by atoms with Crippen LogP contribution >= 0.6 is 0 Å². The average molecular weight is 223 g/mol. The third kappa shape index (κ3) is 2.35. The lowest BCUT2D eigenvalue weighted by Gasteiger charge is -2.53. The fourth-order valence-electron chi connectivity index (χ4n) is 2.69. The summed E-state index contributed by atoms with van der Waals surface area (Å²) in [5.41, 5.74) is -0.240. The predicted molar refractivity (Wildman–Crippen MR) is 62.7 cm³/mol. The van der Waals surface area contributed by atoms with Crippen LogP contribution in [0.15, 0.2) is 0 Å². The minimum atomic E-state index is -0.339. The van der Waals surface area contributed by atoms with E-state index >= 15 is 0 Å². The zero-order chi connectivity index (χ0) is 12.6. The van der Waals surface area contributed by atoms with E-state index < -0.39 is 0 Å². The maximum absolute atomic E-state index is 11.8. The van der Waals surface area contributed by atoms with E-state index in [1.807, 2.05) is 0 Å². The van der Waals surface area contributed by atoms with Gasteiger partial charge in [0.15, 0.2) is 0 Å². The Bertz CT molecular complexity index is 322. The molecule has 0 aromatic carbocycles. The van der Waals surface area contributed by atoms with Crippen LogP contribution in [0.4, 0.5) is 0 Å². The summed E-state index contributed by atoms with van der Waals surface area (Å²) < 4.78 is 0. The number of hydrogen-bond donors (Lipinski definition) is 1. The highest BCUT2D eigenvalue weighted by Gasteiger charge is 2.46. The Morgan fingerprint density at radius 3 is 2.56 bits per heavy atom. The van der Waals surface area contributed by atoms with Gasteiger partial charge in [0.05, 0.1) is 12.5 Å². The third-order valence-electron chi connectivity index (χ3n) is 2.97. The van der Waals surface area contributed by atoms with Crippen molar-refractivity contribution in [1.29, 1.82) is 5.26 Å². The van der Waals surface area contributed by atoms with Gasteiger partial charge in [-0.1, -0.05) is 0 Å². The summed E-state index contributed by atoms with van der Waals surface area (Å²) in [5.74, 6) is -0.0317. The second-order valence-corrected chi connectivity index (χ2v) is 5.95. The number of rotatable bonds is 1. The summed E-state index contributed by atoms with van der Waals surface area (Å²) >= 11 is 0. The van der Waals surface area contributed by atoms with Gasteiger partial charge in [-0.2, -0.15) is 5.26 Å². The summed E-state index contributed by atoms with van der Waals surface area (Å²) in [7, 11) is 0. The molecule has 1 atom stereocenters. The zero-order valence-electron chi connectivity index (χ0n) is 10.8. The number of carbonyl (C=O) groups is 1. The molecule has 4 heteroatoms. The first-order valence-electron chi connectivity index (χ1n) is 5.64. The molecule has 0 radical (unpaired) electrons. The number of nitrogens with one attached hydrogen (secondary N) is 1. The van der Waals surface area contributed by atoms with Crippen molar-refractivity contribution >= 4 is 5.91 Å². The van der Waals surface area contributed by atoms with Gasteiger partial charge in [0.1, 0.15) is 6.04 Å². The van der Waals surface area contributed by atoms with Crippen LogP contribution < -0.4 is 5.32 Å². The van der Waals surface area contributed by atoms with Crippen molar-refractivity contribution in [2.75, 3.05) is 6.54 Å². The number of nitriles is 1. The first kappa shape index (κ1) is 13.0. The normalized spacial score (nSPS) is 26.0. The molecular weight excluding hydrogens is 202 g/mol. The highest BCUT2D eigenvalue weighted by Crippen LogP contribution is 2.31. The molecule has 1 heterocycles. The third-order valence-corrected chi connectivity index (χ3v) is 2.97. The predicted octanol–water partition coefficient (Wildman–Crippen LogP) is 1.28. The van der Waals surface area contributed by atoms with Gasteiger partial charge in [0, 0.05) is 17.6 Å². The van der Waals surface area contributed by atoms with Crippen LogP contribution in [0, 0.1) is 11.3 Å². The van der Waals surface area contributed by atoms with Crippen molar-refractivity contribution in [2.24, 2.45) is 0 Å². The highest BCUT2D eigenvalue weighted by atomic mass is 16.2. The number of hydrogen-bond acceptors (Lipinski definition) is 3. The standard InChI is InChI=1S/C12H21N3O/c1-11(2,3)15-9(6-7-13)10(16)14-8-12(15,4)5/h9H,6,8H2,1-5H3,(H,14,16). The number of piperazine rings is 1. The molecule has 0 aromatic heterocycles. The SMILES string of the molecule is CC(C)(C)N1C(CC#N)C(=O)NCC1(C)C. The van der Waals surface area contributed by atoms with E-state index in [-0.39, 0.29) is 29.4 Å². The van der Waals surface area contributed by atoms with Gasteiger partial charge in [0.2, 0.25) is 5.91 Å². The minimum Gasteiger partial charge on any atom is -0.353 e. The summed E-state index contributed by atoms with van der Waals surface area (Å²) in [6, 6.07) is 1.77. The maximum Gasteiger partial charge on any atom is 0.238 e. The van der Waals surface area contributed by atoms with Gasteiger partial charge < -0.3 is 5.32 Å². The molecule has 4 nitrogen and oxygen atoms in total. The van der Waals surface area contributed by atoms with Gasteiger partial charge in [-0.05, 0) is 34.6 Å². The first-order chi connectivity index (χ1) is 7.20. The fourth-order valence-corrected chi connectivity index (χ4v) is 2.69. The van der Waals surface area contributed by atoms with Gasteiger partial charge in [-0.3, -0.25) is 9.69 Å². The molecule has 1 N–H and O–H groups in total. The number of amides is 1. The highest BCUT2D eigenvalue weighted by molar-refractivity contribution is 5.83. The average Bonchev–Trinajstić information content (AvgIpc) is 2.09. The molecule has 1 saturated heterocycles. The van der Waals surface area contributed by atoms with Gasteiger partial charge in [-0.15, -0.1) is 0 Å². The molecule has 0 spiro atoms. The smallest absolute Gasteiger partial charge is 0.238 e. The Labute approximate surface area is 97.6 Å². The fraction of sp³-hybridized carbons (Fsp3) is 0.833. The lowest BCUT2D eigenvalue weighted by atomic mass is 9.87. The molecule has 1 aliphatic heterocycles. The maximum atomic E-state index is 11.8. The second-order valence-electron chi connectivity index (χ2n) is 5.95. The van der Waals surface area contributed by atoms with Gasteiger partial charge in [0.25, 0.3) is 0 Å². The second kappa shape index (κ2) is 4.06. The number of carbonyl (C=O) groups excluding carboxylic acids is 1. The van der Waals surface area contributed by atoms with Gasteiger partial charge >= 0.3 is 0 Å². The van der Waals surface area contributed by atoms with Crippen LogP contribution in [0.3, 0.4) is 0 Å². The van der Waals surface area contributed by atoms with Crippen molar-refractivity contribution in [3.63, 3.8) is 0 Å². The lowest BCUT2D eigenvalue weighted by Crippen LogP contribution is -2.70. The number of nitrogens with zero attached hydrogens (tertiary/aromatic N) is 2. The molecule has 0 aliphatic carbocycles. The molecule has 0 aromatic rings. The Balaban J connectivity index is 3.09. The van der Waals surface area contributed by atoms with Crippen molar-refractivity contribution in [2.45, 2.75) is 58.2 Å². The molecule has 1 aliphatic rings. The van der Waals surface area contributed by atoms with E-state index in [2.05, 4.69) is 50.9 Å². The van der Waals surface area contributed by atoms with Crippen molar-refractivity contribution in [1.82, 2.24) is 10.2 Å². The quantitative estimate of drug-likeness (QED) is 0.728. The molecule has 1 amide bonds. The van der Waals surface area contributed by atoms with Gasteiger partial charge in [-0.25, -0.2) is 0 Å². The Morgan fingerprint density at radius 2 is 2.12 bits per heavy atom. The molecule has 0 saturated carbocycles. The minimum absolute atomic E-state index is 0.0317. The first-order valence-corrected chi connectivity index (χ1v) is 5.64. The summed E-state index contributed by atoms with van der Waals surface area (Å²) in [4.78, 5) is 14.0. The van der Waals surface area contributed by atoms with E-state index in [1.54, 1.807) is 0 Å². The van der Waals surface area contributed by atoms with E-state index in [0.717, 1.165) is 0 Å². The Kier molecular flexibility index (Phi) is 3.30. The topological polar surface area (TPSA) is 56.1 Å². The summed E-state index contributed by atoms with van der Waals surface area (Å²) in [6.45, 7) is 11.1. The van der Waals surface area contributed by atoms with Crippen LogP contribution in [0.25, 0.3) is 0 Å². The molecule has 1 fully saturated rings. The van der Waals surface area contributed by atoms with E-state index in [4.69, 9.17) is 5.26 Å². The summed E-state index contributed by atoms with van der Waals surface area (Å²) in [5, 5.41) is 11.7. The van der Waals surface area contributed by atoms with Crippen LogP contribution in [-0.4, -0.2) is 34.5 Å². The van der Waals surface area contributed by atoms with Crippen LogP contribution in [-0.2, 0) is 4.79 Å². The molecular formula is C12H21N3O. The zero-order valence-corrected chi connectivity index (χ0v) is 10.8. The molecule has 16 heavy (non-hydrogen) atoms. The van der Waals surface area contributed by atoms with Crippen molar-refractivity contribution in [3.8, 4) is 6.07 Å². The monoisotopic (exact) mass is 223 g/mol. The van der Waals surface area contributed by atoms with Crippen molar-refractivity contribution in [3.05, 3.63) is 0 Å².